The van der Waals surface area contributed by atoms with Crippen molar-refractivity contribution in [1.29, 1.82) is 0 Å². The molecular weight excluding hydrogens is 334 g/mol. The molecule has 2 aromatic carbocycles. The number of esters is 1. The second kappa shape index (κ2) is 6.64. The molecule has 0 spiro atoms. The third-order valence-corrected chi connectivity index (χ3v) is 3.41. The second-order valence-electron chi connectivity index (χ2n) is 5.10. The Morgan fingerprint density at radius 2 is 1.76 bits per heavy atom. The topological polar surface area (TPSA) is 73.6 Å². The van der Waals surface area contributed by atoms with Gasteiger partial charge < -0.3 is 9.15 Å². The zero-order valence-electron chi connectivity index (χ0n) is 12.6. The number of ether oxygens (including phenoxy) is 1. The van der Waals surface area contributed by atoms with Crippen LogP contribution in [0.25, 0.3) is 11.0 Å². The number of benzene rings is 2. The Labute approximate surface area is 139 Å². The van der Waals surface area contributed by atoms with Crippen molar-refractivity contribution >= 4 is 22.7 Å². The van der Waals surface area contributed by atoms with Crippen LogP contribution in [0.15, 0.2) is 57.7 Å². The minimum Gasteiger partial charge on any atom is -0.451 e. The lowest BCUT2D eigenvalue weighted by Gasteiger charge is -2.05. The highest BCUT2D eigenvalue weighted by atomic mass is 19.2. The molecule has 1 heterocycles. The molecular formula is C18H10F2O5. The van der Waals surface area contributed by atoms with E-state index in [1.54, 1.807) is 18.2 Å². The fraction of sp³-hybridized carbons (Fsp3) is 0.0556. The van der Waals surface area contributed by atoms with Crippen molar-refractivity contribution in [2.45, 2.75) is 0 Å². The Morgan fingerprint density at radius 3 is 2.52 bits per heavy atom. The van der Waals surface area contributed by atoms with Crippen LogP contribution in [0.2, 0.25) is 0 Å². The van der Waals surface area contributed by atoms with Gasteiger partial charge in [-0.3, -0.25) is 9.59 Å². The highest BCUT2D eigenvalue weighted by molar-refractivity contribution is 5.99. The molecule has 0 bridgehead atoms. The van der Waals surface area contributed by atoms with Gasteiger partial charge >= 0.3 is 5.97 Å². The first kappa shape index (κ1) is 16.5. The van der Waals surface area contributed by atoms with Crippen molar-refractivity contribution in [2.75, 3.05) is 6.61 Å². The van der Waals surface area contributed by atoms with Crippen LogP contribution in [0.5, 0.6) is 0 Å². The zero-order chi connectivity index (χ0) is 18.0. The Bertz CT molecular complexity index is 1040. The van der Waals surface area contributed by atoms with Crippen molar-refractivity contribution in [1.82, 2.24) is 0 Å². The monoisotopic (exact) mass is 344 g/mol. The number of para-hydroxylation sites is 1. The van der Waals surface area contributed by atoms with Crippen LogP contribution in [-0.4, -0.2) is 18.4 Å². The summed E-state index contributed by atoms with van der Waals surface area (Å²) in [5.74, 6) is -4.37. The summed E-state index contributed by atoms with van der Waals surface area (Å²) in [4.78, 5) is 35.7. The summed E-state index contributed by atoms with van der Waals surface area (Å²) in [5, 5.41) is 0.303. The van der Waals surface area contributed by atoms with Crippen LogP contribution in [-0.2, 0) is 4.74 Å². The lowest BCUT2D eigenvalue weighted by Crippen LogP contribution is -2.16. The summed E-state index contributed by atoms with van der Waals surface area (Å²) in [6.07, 6.45) is 0. The summed E-state index contributed by atoms with van der Waals surface area (Å²) < 4.78 is 36.0. The maximum atomic E-state index is 13.1. The molecule has 25 heavy (non-hydrogen) atoms. The lowest BCUT2D eigenvalue weighted by molar-refractivity contribution is 0.0444. The average molecular weight is 344 g/mol. The van der Waals surface area contributed by atoms with Gasteiger partial charge in [-0.15, -0.1) is 0 Å². The van der Waals surface area contributed by atoms with Gasteiger partial charge in [-0.25, -0.2) is 13.6 Å². The van der Waals surface area contributed by atoms with Crippen LogP contribution in [0, 0.1) is 11.6 Å². The van der Waals surface area contributed by atoms with E-state index in [1.165, 1.54) is 6.07 Å². The molecule has 0 amide bonds. The van der Waals surface area contributed by atoms with Gasteiger partial charge in [0.05, 0.1) is 5.39 Å². The molecule has 0 saturated carbocycles. The molecule has 0 aliphatic rings. The van der Waals surface area contributed by atoms with Crippen LogP contribution < -0.4 is 5.43 Å². The molecule has 0 fully saturated rings. The van der Waals surface area contributed by atoms with Crippen molar-refractivity contribution in [3.8, 4) is 0 Å². The van der Waals surface area contributed by atoms with E-state index in [9.17, 15) is 23.2 Å². The maximum absolute atomic E-state index is 13.1. The number of hydrogen-bond acceptors (Lipinski definition) is 5. The molecule has 0 unspecified atom stereocenters. The number of fused-ring (bicyclic) bond motifs is 1. The third kappa shape index (κ3) is 3.45. The molecule has 5 nitrogen and oxygen atoms in total. The van der Waals surface area contributed by atoms with E-state index in [4.69, 9.17) is 9.15 Å². The molecule has 0 aliphatic carbocycles. The van der Waals surface area contributed by atoms with Crippen LogP contribution in [0.1, 0.15) is 20.9 Å². The molecule has 7 heteroatoms. The fourth-order valence-electron chi connectivity index (χ4n) is 2.16. The fourth-order valence-corrected chi connectivity index (χ4v) is 2.16. The number of halogens is 2. The summed E-state index contributed by atoms with van der Waals surface area (Å²) in [6, 6.07) is 9.89. The number of rotatable bonds is 4. The smallest absolute Gasteiger partial charge is 0.374 e. The zero-order valence-corrected chi connectivity index (χ0v) is 12.6. The number of carbonyl (C=O) groups is 2. The minimum absolute atomic E-state index is 0.147. The molecule has 126 valence electrons. The quantitative estimate of drug-likeness (QED) is 0.537. The van der Waals surface area contributed by atoms with Gasteiger partial charge in [-0.05, 0) is 30.3 Å². The van der Waals surface area contributed by atoms with E-state index in [2.05, 4.69) is 0 Å². The van der Waals surface area contributed by atoms with Gasteiger partial charge in [0.1, 0.15) is 5.58 Å². The number of ketones is 1. The SMILES string of the molecule is O=C(COC(=O)c1cc(=O)c2ccccc2o1)c1ccc(F)c(F)c1. The van der Waals surface area contributed by atoms with Gasteiger partial charge in [-0.2, -0.15) is 0 Å². The largest absolute Gasteiger partial charge is 0.451 e. The molecule has 0 radical (unpaired) electrons. The molecule has 0 saturated heterocycles. The molecule has 0 aliphatic heterocycles. The number of Topliss-reactive ketones (excluding diaryl/α,β-unsaturated/α-hetero) is 1. The Kier molecular flexibility index (Phi) is 4.38. The molecule has 0 atom stereocenters. The molecule has 3 aromatic rings. The van der Waals surface area contributed by atoms with Crippen LogP contribution in [0.4, 0.5) is 8.78 Å². The van der Waals surface area contributed by atoms with Crippen molar-refractivity contribution in [3.63, 3.8) is 0 Å². The minimum atomic E-state index is -1.18. The van der Waals surface area contributed by atoms with E-state index in [1.807, 2.05) is 0 Å². The first-order chi connectivity index (χ1) is 12.0. The average Bonchev–Trinajstić information content (AvgIpc) is 2.61. The third-order valence-electron chi connectivity index (χ3n) is 3.41. The first-order valence-electron chi connectivity index (χ1n) is 7.14. The van der Waals surface area contributed by atoms with E-state index in [-0.39, 0.29) is 16.9 Å². The van der Waals surface area contributed by atoms with Crippen molar-refractivity contribution in [3.05, 3.63) is 81.7 Å². The predicted molar refractivity (Wildman–Crippen MR) is 83.5 cm³/mol. The Morgan fingerprint density at radius 1 is 1.00 bits per heavy atom. The predicted octanol–water partition coefficient (Wildman–Crippen LogP) is 3.11. The number of hydrogen-bond donors (Lipinski definition) is 0. The van der Waals surface area contributed by atoms with Crippen molar-refractivity contribution in [2.24, 2.45) is 0 Å². The highest BCUT2D eigenvalue weighted by Gasteiger charge is 2.17. The van der Waals surface area contributed by atoms with Crippen molar-refractivity contribution < 1.29 is 27.5 Å². The maximum Gasteiger partial charge on any atom is 0.374 e. The standard InChI is InChI=1S/C18H10F2O5/c19-12-6-5-10(7-13(12)20)15(22)9-24-18(23)17-8-14(21)11-3-1-2-4-16(11)25-17/h1-8H,9H2. The highest BCUT2D eigenvalue weighted by Crippen LogP contribution is 2.13. The van der Waals surface area contributed by atoms with E-state index in [0.29, 0.717) is 11.5 Å². The summed E-state index contributed by atoms with van der Waals surface area (Å²) in [5.41, 5.74) is -0.374. The number of carbonyl (C=O) groups excluding carboxylic acids is 2. The summed E-state index contributed by atoms with van der Waals surface area (Å²) >= 11 is 0. The molecule has 1 aromatic heterocycles. The second-order valence-corrected chi connectivity index (χ2v) is 5.10. The van der Waals surface area contributed by atoms with E-state index < -0.39 is 35.4 Å². The van der Waals surface area contributed by atoms with Gasteiger partial charge in [0.15, 0.2) is 29.5 Å². The lowest BCUT2D eigenvalue weighted by atomic mass is 10.1. The summed E-state index contributed by atoms with van der Waals surface area (Å²) in [6.45, 7) is -0.708. The normalized spacial score (nSPS) is 10.6. The van der Waals surface area contributed by atoms with Gasteiger partial charge in [-0.1, -0.05) is 12.1 Å². The van der Waals surface area contributed by atoms with E-state index >= 15 is 0 Å². The van der Waals surface area contributed by atoms with Gasteiger partial charge in [0.2, 0.25) is 5.76 Å². The molecule has 0 N–H and O–H groups in total. The Balaban J connectivity index is 1.75. The first-order valence-corrected chi connectivity index (χ1v) is 7.14. The van der Waals surface area contributed by atoms with Crippen LogP contribution in [0.3, 0.4) is 0 Å². The van der Waals surface area contributed by atoms with Crippen LogP contribution >= 0.6 is 0 Å². The van der Waals surface area contributed by atoms with Gasteiger partial charge in [0, 0.05) is 11.6 Å². The van der Waals surface area contributed by atoms with E-state index in [0.717, 1.165) is 18.2 Å². The van der Waals surface area contributed by atoms with Gasteiger partial charge in [0.25, 0.3) is 0 Å². The molecule has 3 rings (SSSR count). The Hall–Kier alpha value is -3.35. The summed E-state index contributed by atoms with van der Waals surface area (Å²) in [7, 11) is 0.